The molecule has 2 N–H and O–H groups in total. The number of aromatic nitrogens is 1. The van der Waals surface area contributed by atoms with E-state index in [9.17, 15) is 4.79 Å². The molecule has 1 aliphatic rings. The summed E-state index contributed by atoms with van der Waals surface area (Å²) in [7, 11) is 0. The predicted octanol–water partition coefficient (Wildman–Crippen LogP) is 1.85. The number of primary amides is 1. The van der Waals surface area contributed by atoms with Crippen molar-refractivity contribution >= 4 is 27.5 Å². The van der Waals surface area contributed by atoms with Gasteiger partial charge in [-0.1, -0.05) is 12.1 Å². The highest BCUT2D eigenvalue weighted by molar-refractivity contribution is 7.18. The summed E-state index contributed by atoms with van der Waals surface area (Å²) in [5, 5.41) is 1.16. The number of thiazole rings is 1. The number of para-hydroxylation sites is 1. The van der Waals surface area contributed by atoms with E-state index < -0.39 is 0 Å². The van der Waals surface area contributed by atoms with Gasteiger partial charge in [0, 0.05) is 26.2 Å². The van der Waals surface area contributed by atoms with Crippen LogP contribution in [0.4, 0.5) is 0 Å². The van der Waals surface area contributed by atoms with E-state index in [1.165, 1.54) is 4.70 Å². The van der Waals surface area contributed by atoms with Crippen LogP contribution in [-0.2, 0) is 4.79 Å². The zero-order valence-electron chi connectivity index (χ0n) is 13.0. The van der Waals surface area contributed by atoms with Crippen LogP contribution in [-0.4, -0.2) is 52.9 Å². The average molecular weight is 318 g/mol. The van der Waals surface area contributed by atoms with Crippen LogP contribution in [0.2, 0.25) is 0 Å². The number of hydrogen-bond acceptors (Lipinski definition) is 5. The summed E-state index contributed by atoms with van der Waals surface area (Å²) in [6.45, 7) is 7.72. The molecule has 0 bridgehead atoms. The summed E-state index contributed by atoms with van der Waals surface area (Å²) in [4.78, 5) is 20.6. The maximum Gasteiger partial charge on any atom is 0.234 e. The zero-order chi connectivity index (χ0) is 15.7. The van der Waals surface area contributed by atoms with Gasteiger partial charge >= 0.3 is 0 Å². The molecule has 1 aromatic heterocycles. The van der Waals surface area contributed by atoms with E-state index >= 15 is 0 Å². The van der Waals surface area contributed by atoms with Gasteiger partial charge in [-0.3, -0.25) is 14.6 Å². The molecule has 1 aliphatic heterocycles. The molecule has 2 aromatic rings. The van der Waals surface area contributed by atoms with Crippen LogP contribution >= 0.6 is 11.3 Å². The quantitative estimate of drug-likeness (QED) is 0.934. The summed E-state index contributed by atoms with van der Waals surface area (Å²) in [6, 6.07) is 8.40. The molecule has 3 rings (SSSR count). The number of rotatable bonds is 4. The second-order valence-corrected chi connectivity index (χ2v) is 6.91. The Labute approximate surface area is 134 Å². The number of hydrogen-bond donors (Lipinski definition) is 1. The molecule has 0 saturated carbocycles. The number of nitrogens with zero attached hydrogens (tertiary/aromatic N) is 3. The van der Waals surface area contributed by atoms with E-state index in [4.69, 9.17) is 10.7 Å². The zero-order valence-corrected chi connectivity index (χ0v) is 13.8. The van der Waals surface area contributed by atoms with Crippen molar-refractivity contribution in [3.63, 3.8) is 0 Å². The van der Waals surface area contributed by atoms with Crippen LogP contribution in [0.5, 0.6) is 0 Å². The fourth-order valence-electron chi connectivity index (χ4n) is 2.92. The molecule has 1 fully saturated rings. The van der Waals surface area contributed by atoms with Crippen LogP contribution in [0.15, 0.2) is 24.3 Å². The second-order valence-electron chi connectivity index (χ2n) is 5.85. The van der Waals surface area contributed by atoms with Crippen LogP contribution in [0, 0.1) is 0 Å². The highest BCUT2D eigenvalue weighted by atomic mass is 32.1. The van der Waals surface area contributed by atoms with Gasteiger partial charge in [0.1, 0.15) is 5.01 Å². The number of amides is 1. The first-order valence-corrected chi connectivity index (χ1v) is 8.51. The van der Waals surface area contributed by atoms with E-state index in [0.29, 0.717) is 6.04 Å². The standard InChI is InChI=1S/C16H22N4OS/c1-11(15(17)21)19-7-9-20(10-8-19)12(2)16-18-13-5-3-4-6-14(13)22-16/h3-6,11-12H,7-10H2,1-2H3,(H2,17,21)/t11-,12-/m0/s1. The van der Waals surface area contributed by atoms with E-state index in [0.717, 1.165) is 36.7 Å². The molecule has 22 heavy (non-hydrogen) atoms. The van der Waals surface area contributed by atoms with Crippen LogP contribution in [0.1, 0.15) is 24.9 Å². The summed E-state index contributed by atoms with van der Waals surface area (Å²) in [5.41, 5.74) is 6.47. The minimum Gasteiger partial charge on any atom is -0.368 e. The van der Waals surface area contributed by atoms with Crippen LogP contribution < -0.4 is 5.73 Å². The van der Waals surface area contributed by atoms with Crippen molar-refractivity contribution in [1.29, 1.82) is 0 Å². The Morgan fingerprint density at radius 2 is 1.82 bits per heavy atom. The van der Waals surface area contributed by atoms with Crippen molar-refractivity contribution in [2.45, 2.75) is 25.9 Å². The molecule has 1 saturated heterocycles. The van der Waals surface area contributed by atoms with Crippen LogP contribution in [0.25, 0.3) is 10.2 Å². The van der Waals surface area contributed by atoms with Gasteiger partial charge in [-0.15, -0.1) is 11.3 Å². The number of carbonyl (C=O) groups excluding carboxylic acids is 1. The van der Waals surface area contributed by atoms with Crippen molar-refractivity contribution in [3.05, 3.63) is 29.3 Å². The van der Waals surface area contributed by atoms with Gasteiger partial charge in [0.2, 0.25) is 5.91 Å². The predicted molar refractivity (Wildman–Crippen MR) is 89.8 cm³/mol. The molecule has 2 atom stereocenters. The molecule has 118 valence electrons. The third-order valence-corrected chi connectivity index (χ3v) is 5.73. The SMILES string of the molecule is C[C@@H](C(N)=O)N1CCN([C@@H](C)c2nc3ccccc3s2)CC1. The van der Waals surface area contributed by atoms with Crippen molar-refractivity contribution in [1.82, 2.24) is 14.8 Å². The first-order chi connectivity index (χ1) is 10.6. The van der Waals surface area contributed by atoms with Gasteiger partial charge < -0.3 is 5.73 Å². The first-order valence-electron chi connectivity index (χ1n) is 7.69. The maximum absolute atomic E-state index is 11.3. The summed E-state index contributed by atoms with van der Waals surface area (Å²) in [6.07, 6.45) is 0. The number of fused-ring (bicyclic) bond motifs is 1. The van der Waals surface area contributed by atoms with Crippen molar-refractivity contribution < 1.29 is 4.79 Å². The third kappa shape index (κ3) is 2.99. The number of nitrogens with two attached hydrogens (primary N) is 1. The monoisotopic (exact) mass is 318 g/mol. The van der Waals surface area contributed by atoms with E-state index in [2.05, 4.69) is 34.9 Å². The summed E-state index contributed by atoms with van der Waals surface area (Å²) >= 11 is 1.77. The lowest BCUT2D eigenvalue weighted by Gasteiger charge is -2.39. The normalized spacial score (nSPS) is 20.1. The van der Waals surface area contributed by atoms with Gasteiger partial charge in [-0.05, 0) is 26.0 Å². The minimum absolute atomic E-state index is 0.181. The second kappa shape index (κ2) is 6.32. The third-order valence-electron chi connectivity index (χ3n) is 4.52. The maximum atomic E-state index is 11.3. The van der Waals surface area contributed by atoms with E-state index in [1.807, 2.05) is 13.0 Å². The molecule has 2 heterocycles. The molecule has 0 aliphatic carbocycles. The Morgan fingerprint density at radius 1 is 1.18 bits per heavy atom. The largest absolute Gasteiger partial charge is 0.368 e. The van der Waals surface area contributed by atoms with Gasteiger partial charge in [-0.2, -0.15) is 0 Å². The van der Waals surface area contributed by atoms with Crippen molar-refractivity contribution in [2.24, 2.45) is 5.73 Å². The minimum atomic E-state index is -0.243. The van der Waals surface area contributed by atoms with Gasteiger partial charge in [0.05, 0.1) is 22.3 Å². The molecule has 0 spiro atoms. The first kappa shape index (κ1) is 15.4. The fraction of sp³-hybridized carbons (Fsp3) is 0.500. The highest BCUT2D eigenvalue weighted by Gasteiger charge is 2.27. The van der Waals surface area contributed by atoms with Gasteiger partial charge in [0.25, 0.3) is 0 Å². The molecular formula is C16H22N4OS. The Bertz CT molecular complexity index is 630. The molecule has 6 heteroatoms. The molecule has 1 amide bonds. The van der Waals surface area contributed by atoms with Gasteiger partial charge in [0.15, 0.2) is 0 Å². The highest BCUT2D eigenvalue weighted by Crippen LogP contribution is 2.30. The molecule has 0 radical (unpaired) electrons. The lowest BCUT2D eigenvalue weighted by Crippen LogP contribution is -2.53. The van der Waals surface area contributed by atoms with E-state index in [-0.39, 0.29) is 11.9 Å². The van der Waals surface area contributed by atoms with E-state index in [1.54, 1.807) is 11.3 Å². The summed E-state index contributed by atoms with van der Waals surface area (Å²) < 4.78 is 1.24. The molecule has 5 nitrogen and oxygen atoms in total. The number of piperazine rings is 1. The topological polar surface area (TPSA) is 62.5 Å². The molecule has 1 aromatic carbocycles. The number of benzene rings is 1. The molecular weight excluding hydrogens is 296 g/mol. The Morgan fingerprint density at radius 3 is 2.45 bits per heavy atom. The van der Waals surface area contributed by atoms with Crippen molar-refractivity contribution in [3.8, 4) is 0 Å². The molecule has 0 unspecified atom stereocenters. The lowest BCUT2D eigenvalue weighted by atomic mass is 10.2. The number of carbonyl (C=O) groups is 1. The lowest BCUT2D eigenvalue weighted by molar-refractivity contribution is -0.123. The Balaban J connectivity index is 1.66. The Hall–Kier alpha value is -1.50. The van der Waals surface area contributed by atoms with Gasteiger partial charge in [-0.25, -0.2) is 4.98 Å². The smallest absolute Gasteiger partial charge is 0.234 e. The van der Waals surface area contributed by atoms with Crippen molar-refractivity contribution in [2.75, 3.05) is 26.2 Å². The fourth-order valence-corrected chi connectivity index (χ4v) is 3.97. The van der Waals surface area contributed by atoms with Crippen LogP contribution in [0.3, 0.4) is 0 Å². The summed E-state index contributed by atoms with van der Waals surface area (Å²) in [5.74, 6) is -0.243. The Kier molecular flexibility index (Phi) is 4.42. The average Bonchev–Trinajstić information content (AvgIpc) is 2.97.